The number of hydrogen-bond acceptors (Lipinski definition) is 2. The number of nitrogens with zero attached hydrogens (tertiary/aromatic N) is 1. The molecule has 0 bridgehead atoms. The summed E-state index contributed by atoms with van der Waals surface area (Å²) in [4.78, 5) is 11.9. The topological polar surface area (TPSA) is 31.2 Å². The van der Waals surface area contributed by atoms with Crippen LogP contribution in [0.2, 0.25) is 0 Å². The Morgan fingerprint density at radius 2 is 2.05 bits per heavy atom. The van der Waals surface area contributed by atoms with Crippen LogP contribution in [0.1, 0.15) is 5.56 Å². The first-order valence-electron chi connectivity index (χ1n) is 5.61. The van der Waals surface area contributed by atoms with Crippen molar-refractivity contribution in [3.8, 4) is 5.75 Å². The lowest BCUT2D eigenvalue weighted by Gasteiger charge is -2.11. The minimum Gasteiger partial charge on any atom is -0.488 e. The van der Waals surface area contributed by atoms with Crippen molar-refractivity contribution >= 4 is 26.8 Å². The number of halogens is 3. The van der Waals surface area contributed by atoms with Crippen molar-refractivity contribution in [1.82, 2.24) is 4.57 Å². The molecule has 0 fully saturated rings. The molecule has 2 rings (SSSR count). The van der Waals surface area contributed by atoms with E-state index in [0.29, 0.717) is 21.3 Å². The van der Waals surface area contributed by atoms with E-state index in [4.69, 9.17) is 4.74 Å². The average molecular weight is 332 g/mol. The number of fused-ring (bicyclic) bond motifs is 1. The fourth-order valence-electron chi connectivity index (χ4n) is 1.89. The molecule has 0 radical (unpaired) electrons. The Morgan fingerprint density at radius 1 is 1.37 bits per heavy atom. The van der Waals surface area contributed by atoms with Gasteiger partial charge in [-0.25, -0.2) is 8.78 Å². The van der Waals surface area contributed by atoms with Crippen LogP contribution in [0.5, 0.6) is 5.75 Å². The first-order chi connectivity index (χ1) is 8.90. The molecule has 0 N–H and O–H groups in total. The van der Waals surface area contributed by atoms with Gasteiger partial charge >= 0.3 is 0 Å². The Hall–Kier alpha value is -1.43. The quantitative estimate of drug-likeness (QED) is 0.864. The van der Waals surface area contributed by atoms with Crippen LogP contribution in [-0.2, 0) is 7.05 Å². The number of ether oxygens (including phenoxy) is 1. The summed E-state index contributed by atoms with van der Waals surface area (Å²) >= 11 is 3.36. The van der Waals surface area contributed by atoms with E-state index in [9.17, 15) is 13.6 Å². The van der Waals surface area contributed by atoms with Crippen LogP contribution < -0.4 is 10.3 Å². The van der Waals surface area contributed by atoms with Gasteiger partial charge in [0.2, 0.25) is 0 Å². The Bertz CT molecular complexity index is 682. The minimum absolute atomic E-state index is 0.120. The van der Waals surface area contributed by atoms with E-state index in [2.05, 4.69) is 15.9 Å². The van der Waals surface area contributed by atoms with Crippen molar-refractivity contribution < 1.29 is 13.5 Å². The third-order valence-corrected chi connectivity index (χ3v) is 3.48. The molecule has 0 unspecified atom stereocenters. The lowest BCUT2D eigenvalue weighted by Crippen LogP contribution is -2.19. The van der Waals surface area contributed by atoms with Gasteiger partial charge in [-0.3, -0.25) is 4.79 Å². The number of pyridine rings is 1. The average Bonchev–Trinajstić information content (AvgIpc) is 2.35. The molecule has 0 saturated carbocycles. The molecule has 1 heterocycles. The standard InChI is InChI=1S/C13H12BrF2NO2/c1-7-3-9-10(14)4-8(19-6-12(15)16)5-11(9)17(2)13(7)18/h3-5,12H,6H2,1-2H3. The Morgan fingerprint density at radius 3 is 2.68 bits per heavy atom. The summed E-state index contributed by atoms with van der Waals surface area (Å²) < 4.78 is 31.4. The summed E-state index contributed by atoms with van der Waals surface area (Å²) in [6.07, 6.45) is -2.53. The first kappa shape index (κ1) is 14.0. The SMILES string of the molecule is Cc1cc2c(Br)cc(OCC(F)F)cc2n(C)c1=O. The third-order valence-electron chi connectivity index (χ3n) is 2.82. The van der Waals surface area contributed by atoms with E-state index >= 15 is 0 Å². The van der Waals surface area contributed by atoms with Crippen LogP contribution in [0.3, 0.4) is 0 Å². The predicted molar refractivity (Wildman–Crippen MR) is 73.1 cm³/mol. The number of rotatable bonds is 3. The van der Waals surface area contributed by atoms with E-state index in [0.717, 1.165) is 5.39 Å². The van der Waals surface area contributed by atoms with Gasteiger partial charge in [0.1, 0.15) is 12.4 Å². The summed E-state index contributed by atoms with van der Waals surface area (Å²) in [5, 5.41) is 0.837. The van der Waals surface area contributed by atoms with Gasteiger partial charge in [0.05, 0.1) is 5.52 Å². The highest BCUT2D eigenvalue weighted by molar-refractivity contribution is 9.10. The van der Waals surface area contributed by atoms with E-state index < -0.39 is 13.0 Å². The van der Waals surface area contributed by atoms with Gasteiger partial charge in [0, 0.05) is 28.5 Å². The molecule has 0 amide bonds. The van der Waals surface area contributed by atoms with E-state index in [1.807, 2.05) is 0 Å². The predicted octanol–water partition coefficient (Wildman–Crippen LogP) is 3.25. The lowest BCUT2D eigenvalue weighted by atomic mass is 10.1. The van der Waals surface area contributed by atoms with Gasteiger partial charge in [0.25, 0.3) is 12.0 Å². The number of hydrogen-bond donors (Lipinski definition) is 0. The largest absolute Gasteiger partial charge is 0.488 e. The molecule has 3 nitrogen and oxygen atoms in total. The van der Waals surface area contributed by atoms with E-state index in [1.165, 1.54) is 4.57 Å². The molecule has 0 saturated heterocycles. The third kappa shape index (κ3) is 2.78. The van der Waals surface area contributed by atoms with Crippen LogP contribution in [0.15, 0.2) is 27.5 Å². The fourth-order valence-corrected chi connectivity index (χ4v) is 2.44. The molecule has 1 aromatic carbocycles. The highest BCUT2D eigenvalue weighted by Gasteiger charge is 2.10. The molecule has 0 aliphatic rings. The second-order valence-electron chi connectivity index (χ2n) is 4.23. The van der Waals surface area contributed by atoms with Crippen molar-refractivity contribution in [2.75, 3.05) is 6.61 Å². The van der Waals surface area contributed by atoms with Crippen molar-refractivity contribution in [2.24, 2.45) is 7.05 Å². The second kappa shape index (κ2) is 5.28. The number of aryl methyl sites for hydroxylation is 2. The summed E-state index contributed by atoms with van der Waals surface area (Å²) in [7, 11) is 1.64. The Kier molecular flexibility index (Phi) is 3.89. The maximum Gasteiger partial charge on any atom is 0.272 e. The van der Waals surface area contributed by atoms with E-state index in [1.54, 1.807) is 32.2 Å². The van der Waals surface area contributed by atoms with Crippen LogP contribution in [0, 0.1) is 6.92 Å². The highest BCUT2D eigenvalue weighted by Crippen LogP contribution is 2.29. The van der Waals surface area contributed by atoms with Crippen molar-refractivity contribution in [3.63, 3.8) is 0 Å². The molecular formula is C13H12BrF2NO2. The van der Waals surface area contributed by atoms with Crippen LogP contribution in [-0.4, -0.2) is 17.6 Å². The molecule has 0 aliphatic heterocycles. The Balaban J connectivity index is 2.59. The summed E-state index contributed by atoms with van der Waals surface area (Å²) in [5.41, 5.74) is 1.14. The maximum atomic E-state index is 12.1. The molecule has 1 aromatic heterocycles. The van der Waals surface area contributed by atoms with Crippen LogP contribution in [0.4, 0.5) is 8.78 Å². The lowest BCUT2D eigenvalue weighted by molar-refractivity contribution is 0.0819. The number of benzene rings is 1. The zero-order valence-corrected chi connectivity index (χ0v) is 12.0. The van der Waals surface area contributed by atoms with Crippen LogP contribution >= 0.6 is 15.9 Å². The van der Waals surface area contributed by atoms with Gasteiger partial charge in [-0.15, -0.1) is 0 Å². The molecule has 19 heavy (non-hydrogen) atoms. The number of alkyl halides is 2. The fraction of sp³-hybridized carbons (Fsp3) is 0.308. The van der Waals surface area contributed by atoms with Crippen molar-refractivity contribution in [3.05, 3.63) is 38.6 Å². The first-order valence-corrected chi connectivity index (χ1v) is 6.40. The maximum absolute atomic E-state index is 12.1. The molecular weight excluding hydrogens is 320 g/mol. The molecule has 2 aromatic rings. The summed E-state index contributed by atoms with van der Waals surface area (Å²) in [6.45, 7) is 1.06. The zero-order chi connectivity index (χ0) is 14.2. The second-order valence-corrected chi connectivity index (χ2v) is 5.09. The van der Waals surface area contributed by atoms with Gasteiger partial charge in [0.15, 0.2) is 0 Å². The van der Waals surface area contributed by atoms with Gasteiger partial charge in [-0.05, 0) is 35.0 Å². The smallest absolute Gasteiger partial charge is 0.272 e. The van der Waals surface area contributed by atoms with Gasteiger partial charge < -0.3 is 9.30 Å². The molecule has 102 valence electrons. The molecule has 0 spiro atoms. The highest BCUT2D eigenvalue weighted by atomic mass is 79.9. The summed E-state index contributed by atoms with van der Waals surface area (Å²) in [5.74, 6) is 0.304. The monoisotopic (exact) mass is 331 g/mol. The van der Waals surface area contributed by atoms with Gasteiger partial charge in [-0.1, -0.05) is 0 Å². The number of aromatic nitrogens is 1. The van der Waals surface area contributed by atoms with Crippen LogP contribution in [0.25, 0.3) is 10.9 Å². The normalized spacial score (nSPS) is 11.3. The molecule has 0 atom stereocenters. The van der Waals surface area contributed by atoms with E-state index in [-0.39, 0.29) is 5.56 Å². The van der Waals surface area contributed by atoms with Gasteiger partial charge in [-0.2, -0.15) is 0 Å². The van der Waals surface area contributed by atoms with Crippen molar-refractivity contribution in [2.45, 2.75) is 13.3 Å². The zero-order valence-electron chi connectivity index (χ0n) is 10.4. The molecule has 0 aliphatic carbocycles. The Labute approximate surface area is 116 Å². The minimum atomic E-state index is -2.53. The van der Waals surface area contributed by atoms with Crippen molar-refractivity contribution in [1.29, 1.82) is 0 Å². The molecule has 6 heteroatoms. The summed E-state index contributed by atoms with van der Waals surface area (Å²) in [6, 6.07) is 4.97.